The molecular weight excluding hydrogens is 474 g/mol. The third-order valence-electron chi connectivity index (χ3n) is 6.57. The van der Waals surface area contributed by atoms with Crippen molar-refractivity contribution < 1.29 is 28.6 Å². The number of hydrogen-bond donors (Lipinski definition) is 1. The molecule has 0 radical (unpaired) electrons. The number of ether oxygens (including phenoxy) is 3. The van der Waals surface area contributed by atoms with Crippen LogP contribution in [0.15, 0.2) is 48.5 Å². The van der Waals surface area contributed by atoms with Crippen molar-refractivity contribution in [2.45, 2.75) is 31.1 Å². The molecule has 1 aliphatic heterocycles. The molecule has 0 spiro atoms. The van der Waals surface area contributed by atoms with Gasteiger partial charge in [-0.1, -0.05) is 17.7 Å². The number of anilines is 2. The van der Waals surface area contributed by atoms with Crippen molar-refractivity contribution in [1.29, 1.82) is 0 Å². The van der Waals surface area contributed by atoms with Crippen LogP contribution in [0.2, 0.25) is 5.02 Å². The summed E-state index contributed by atoms with van der Waals surface area (Å²) in [6.45, 7) is -0.232. The van der Waals surface area contributed by atoms with E-state index in [4.69, 9.17) is 25.8 Å². The summed E-state index contributed by atoms with van der Waals surface area (Å²) in [4.78, 5) is 42.7. The van der Waals surface area contributed by atoms with Gasteiger partial charge in [-0.3, -0.25) is 9.59 Å². The average Bonchev–Trinajstić information content (AvgIpc) is 2.86. The number of urea groups is 1. The van der Waals surface area contributed by atoms with Crippen LogP contribution in [-0.2, 0) is 19.1 Å². The Hall–Kier alpha value is -3.14. The van der Waals surface area contributed by atoms with Gasteiger partial charge in [-0.25, -0.2) is 9.69 Å². The molecule has 4 rings (SSSR count). The van der Waals surface area contributed by atoms with Gasteiger partial charge in [0.25, 0.3) is 0 Å². The first kappa shape index (κ1) is 25.0. The number of halogens is 1. The van der Waals surface area contributed by atoms with Crippen molar-refractivity contribution in [3.63, 3.8) is 0 Å². The SMILES string of the molecule is COc1ccc(NC(=O)CN2C(=O)N(c3cccc(Cl)c3)C(=O)C3CC(OC)C(OC)CC32)cc1. The van der Waals surface area contributed by atoms with E-state index in [2.05, 4.69) is 5.32 Å². The highest BCUT2D eigenvalue weighted by Gasteiger charge is 2.52. The molecule has 2 aromatic carbocycles. The van der Waals surface area contributed by atoms with E-state index in [1.807, 2.05) is 0 Å². The Kier molecular flexibility index (Phi) is 7.59. The standard InChI is InChI=1S/C25H28ClN3O6/c1-33-18-9-7-16(8-10-18)27-23(30)14-28-20-13-22(35-3)21(34-2)12-19(20)24(31)29(25(28)32)17-6-4-5-15(26)11-17/h4-11,19-22H,12-14H2,1-3H3,(H,27,30). The zero-order valence-electron chi connectivity index (χ0n) is 19.8. The number of hydrogen-bond acceptors (Lipinski definition) is 6. The van der Waals surface area contributed by atoms with Gasteiger partial charge in [0.05, 0.1) is 30.9 Å². The highest BCUT2D eigenvalue weighted by Crippen LogP contribution is 2.38. The fourth-order valence-corrected chi connectivity index (χ4v) is 5.00. The second-order valence-electron chi connectivity index (χ2n) is 8.53. The molecule has 2 fully saturated rings. The summed E-state index contributed by atoms with van der Waals surface area (Å²) in [6.07, 6.45) is 0.108. The summed E-state index contributed by atoms with van der Waals surface area (Å²) in [7, 11) is 4.71. The predicted molar refractivity (Wildman–Crippen MR) is 131 cm³/mol. The first-order chi connectivity index (χ1) is 16.9. The maximum atomic E-state index is 13.6. The minimum Gasteiger partial charge on any atom is -0.497 e. The van der Waals surface area contributed by atoms with Gasteiger partial charge < -0.3 is 24.4 Å². The van der Waals surface area contributed by atoms with Gasteiger partial charge in [-0.2, -0.15) is 0 Å². The molecule has 4 unspecified atom stereocenters. The molecule has 4 atom stereocenters. The van der Waals surface area contributed by atoms with Crippen LogP contribution >= 0.6 is 11.6 Å². The van der Waals surface area contributed by atoms with Crippen LogP contribution in [-0.4, -0.2) is 68.9 Å². The molecule has 1 aliphatic carbocycles. The van der Waals surface area contributed by atoms with E-state index in [9.17, 15) is 14.4 Å². The molecule has 0 bridgehead atoms. The number of methoxy groups -OCH3 is 3. The third kappa shape index (κ3) is 5.12. The van der Waals surface area contributed by atoms with Crippen LogP contribution in [0.5, 0.6) is 5.75 Å². The van der Waals surface area contributed by atoms with Gasteiger partial charge in [-0.05, 0) is 55.3 Å². The fraction of sp³-hybridized carbons (Fsp3) is 0.400. The predicted octanol–water partition coefficient (Wildman–Crippen LogP) is 3.56. The number of imide groups is 1. The Labute approximate surface area is 208 Å². The van der Waals surface area contributed by atoms with Crippen molar-refractivity contribution in [3.8, 4) is 5.75 Å². The monoisotopic (exact) mass is 501 g/mol. The van der Waals surface area contributed by atoms with Crippen molar-refractivity contribution in [2.24, 2.45) is 5.92 Å². The molecule has 2 aromatic rings. The minimum absolute atomic E-state index is 0.232. The van der Waals surface area contributed by atoms with E-state index in [0.29, 0.717) is 35.0 Å². The highest BCUT2D eigenvalue weighted by molar-refractivity contribution is 6.31. The second-order valence-corrected chi connectivity index (χ2v) is 8.97. The van der Waals surface area contributed by atoms with Crippen molar-refractivity contribution in [3.05, 3.63) is 53.6 Å². The van der Waals surface area contributed by atoms with E-state index < -0.39 is 18.0 Å². The molecule has 9 nitrogen and oxygen atoms in total. The first-order valence-corrected chi connectivity index (χ1v) is 11.6. The van der Waals surface area contributed by atoms with Gasteiger partial charge in [0.2, 0.25) is 11.8 Å². The van der Waals surface area contributed by atoms with Crippen molar-refractivity contribution in [1.82, 2.24) is 4.90 Å². The average molecular weight is 502 g/mol. The maximum absolute atomic E-state index is 13.6. The lowest BCUT2D eigenvalue weighted by atomic mass is 9.78. The number of carbonyl (C=O) groups is 3. The van der Waals surface area contributed by atoms with Crippen molar-refractivity contribution >= 4 is 40.8 Å². The van der Waals surface area contributed by atoms with E-state index in [-0.39, 0.29) is 30.6 Å². The lowest BCUT2D eigenvalue weighted by Crippen LogP contribution is -2.66. The Bertz CT molecular complexity index is 1090. The fourth-order valence-electron chi connectivity index (χ4n) is 4.82. The summed E-state index contributed by atoms with van der Waals surface area (Å²) in [6, 6.07) is 12.3. The van der Waals surface area contributed by atoms with E-state index in [0.717, 1.165) is 4.90 Å². The van der Waals surface area contributed by atoms with Crippen LogP contribution in [0.1, 0.15) is 12.8 Å². The second kappa shape index (κ2) is 10.6. The Morgan fingerprint density at radius 3 is 2.34 bits per heavy atom. The number of carbonyl (C=O) groups excluding carboxylic acids is 3. The van der Waals surface area contributed by atoms with Crippen LogP contribution in [0.25, 0.3) is 0 Å². The zero-order chi connectivity index (χ0) is 25.1. The van der Waals surface area contributed by atoms with Gasteiger partial charge in [0, 0.05) is 31.0 Å². The molecule has 1 saturated heterocycles. The molecule has 0 aromatic heterocycles. The number of fused-ring (bicyclic) bond motifs is 1. The summed E-state index contributed by atoms with van der Waals surface area (Å²) in [5, 5.41) is 3.20. The minimum atomic E-state index is -0.575. The number of nitrogens with zero attached hydrogens (tertiary/aromatic N) is 2. The molecule has 10 heteroatoms. The van der Waals surface area contributed by atoms with Gasteiger partial charge in [-0.15, -0.1) is 0 Å². The van der Waals surface area contributed by atoms with Gasteiger partial charge in [0.1, 0.15) is 12.3 Å². The van der Waals surface area contributed by atoms with Crippen LogP contribution in [0.3, 0.4) is 0 Å². The lowest BCUT2D eigenvalue weighted by molar-refractivity contribution is -0.139. The highest BCUT2D eigenvalue weighted by atomic mass is 35.5. The normalized spacial score (nSPS) is 24.2. The third-order valence-corrected chi connectivity index (χ3v) is 6.81. The smallest absolute Gasteiger partial charge is 0.332 e. The quantitative estimate of drug-likeness (QED) is 0.623. The molecule has 1 saturated carbocycles. The maximum Gasteiger partial charge on any atom is 0.332 e. The van der Waals surface area contributed by atoms with Gasteiger partial charge in [0.15, 0.2) is 0 Å². The number of rotatable bonds is 7. The van der Waals surface area contributed by atoms with Crippen LogP contribution in [0.4, 0.5) is 16.2 Å². The Morgan fingerprint density at radius 2 is 1.71 bits per heavy atom. The molecular formula is C25H28ClN3O6. The molecule has 35 heavy (non-hydrogen) atoms. The molecule has 1 N–H and O–H groups in total. The van der Waals surface area contributed by atoms with E-state index >= 15 is 0 Å². The topological polar surface area (TPSA) is 97.4 Å². The number of benzene rings is 2. The number of nitrogens with one attached hydrogen (secondary N) is 1. The Balaban J connectivity index is 1.63. The van der Waals surface area contributed by atoms with E-state index in [1.165, 1.54) is 4.90 Å². The molecule has 186 valence electrons. The van der Waals surface area contributed by atoms with Crippen LogP contribution in [0, 0.1) is 5.92 Å². The Morgan fingerprint density at radius 1 is 1.03 bits per heavy atom. The zero-order valence-corrected chi connectivity index (χ0v) is 20.5. The van der Waals surface area contributed by atoms with Crippen molar-refractivity contribution in [2.75, 3.05) is 38.1 Å². The number of amides is 4. The molecule has 2 aliphatic rings. The summed E-state index contributed by atoms with van der Waals surface area (Å²) >= 11 is 6.14. The molecule has 1 heterocycles. The molecule has 4 amide bonds. The lowest BCUT2D eigenvalue weighted by Gasteiger charge is -2.49. The van der Waals surface area contributed by atoms with Crippen LogP contribution < -0.4 is 15.0 Å². The summed E-state index contributed by atoms with van der Waals surface area (Å²) in [5.74, 6) is -0.624. The first-order valence-electron chi connectivity index (χ1n) is 11.3. The summed E-state index contributed by atoms with van der Waals surface area (Å²) < 4.78 is 16.3. The van der Waals surface area contributed by atoms with E-state index in [1.54, 1.807) is 69.9 Å². The van der Waals surface area contributed by atoms with Gasteiger partial charge >= 0.3 is 6.03 Å². The summed E-state index contributed by atoms with van der Waals surface area (Å²) in [5.41, 5.74) is 0.923. The largest absolute Gasteiger partial charge is 0.497 e.